The Labute approximate surface area is 261 Å². The van der Waals surface area contributed by atoms with Crippen molar-refractivity contribution < 1.29 is 49.4 Å². The number of amides is 2. The SMILES string of the molecule is CN(C)c1cc(CN(CC(C)(C)C)C(=O)OCO)c(O)c2c1C[C@H]1C[C@H]3[C@H](N(C)C)C(=O)C(C(N)=O)=C(O)[C@@]3(O)C(=O)C1=C2O. The largest absolute Gasteiger partial charge is 0.508 e. The second-order valence-corrected chi connectivity index (χ2v) is 13.6. The number of nitrogens with two attached hydrogens (primary N) is 1. The minimum absolute atomic E-state index is 0.0342. The summed E-state index contributed by atoms with van der Waals surface area (Å²) in [6.45, 7) is 4.82. The number of hydrogen-bond donors (Lipinski definition) is 6. The number of phenols is 1. The third-order valence-electron chi connectivity index (χ3n) is 8.73. The molecular weight excluding hydrogens is 588 g/mol. The molecule has 246 valence electrons. The molecule has 0 aromatic heterocycles. The lowest BCUT2D eigenvalue weighted by Crippen LogP contribution is -2.65. The lowest BCUT2D eigenvalue weighted by atomic mass is 9.57. The lowest BCUT2D eigenvalue weighted by Gasteiger charge is -2.50. The first-order chi connectivity index (χ1) is 20.8. The van der Waals surface area contributed by atoms with Crippen molar-refractivity contribution in [1.29, 1.82) is 0 Å². The fourth-order valence-electron chi connectivity index (χ4n) is 6.98. The van der Waals surface area contributed by atoms with Crippen molar-refractivity contribution in [2.45, 2.75) is 51.8 Å². The third kappa shape index (κ3) is 5.51. The molecule has 0 aliphatic heterocycles. The van der Waals surface area contributed by atoms with Crippen LogP contribution in [0.5, 0.6) is 5.75 Å². The summed E-state index contributed by atoms with van der Waals surface area (Å²) >= 11 is 0. The Kier molecular flexibility index (Phi) is 8.74. The van der Waals surface area contributed by atoms with Crippen LogP contribution in [0.1, 0.15) is 43.9 Å². The van der Waals surface area contributed by atoms with E-state index in [0.29, 0.717) is 11.3 Å². The Morgan fingerprint density at radius 2 is 1.73 bits per heavy atom. The predicted octanol–water partition coefficient (Wildman–Crippen LogP) is 0.965. The highest BCUT2D eigenvalue weighted by Gasteiger charge is 2.64. The van der Waals surface area contributed by atoms with Crippen LogP contribution in [0.4, 0.5) is 10.5 Å². The zero-order valence-corrected chi connectivity index (χ0v) is 26.5. The molecule has 0 radical (unpaired) electrons. The number of ether oxygens (including phenoxy) is 1. The molecule has 2 amide bonds. The van der Waals surface area contributed by atoms with E-state index >= 15 is 0 Å². The Morgan fingerprint density at radius 3 is 2.24 bits per heavy atom. The zero-order chi connectivity index (χ0) is 33.9. The number of rotatable bonds is 7. The summed E-state index contributed by atoms with van der Waals surface area (Å²) < 4.78 is 4.82. The van der Waals surface area contributed by atoms with E-state index in [9.17, 15) is 44.7 Å². The molecule has 14 nitrogen and oxygen atoms in total. The second kappa shape index (κ2) is 11.7. The van der Waals surface area contributed by atoms with Gasteiger partial charge in [-0.2, -0.15) is 0 Å². The number of fused-ring (bicyclic) bond motifs is 3. The third-order valence-corrected chi connectivity index (χ3v) is 8.73. The molecule has 4 rings (SSSR count). The van der Waals surface area contributed by atoms with Gasteiger partial charge in [-0.1, -0.05) is 20.8 Å². The highest BCUT2D eigenvalue weighted by atomic mass is 16.6. The van der Waals surface area contributed by atoms with Gasteiger partial charge in [0, 0.05) is 43.4 Å². The van der Waals surface area contributed by atoms with Gasteiger partial charge in [0.05, 0.1) is 18.2 Å². The molecule has 1 saturated carbocycles. The van der Waals surface area contributed by atoms with Gasteiger partial charge in [-0.15, -0.1) is 0 Å². The van der Waals surface area contributed by atoms with Crippen LogP contribution in [-0.2, 0) is 32.1 Å². The van der Waals surface area contributed by atoms with Crippen LogP contribution in [0, 0.1) is 17.3 Å². The summed E-state index contributed by atoms with van der Waals surface area (Å²) in [5, 5.41) is 55.4. The number of hydrogen-bond acceptors (Lipinski definition) is 12. The Balaban J connectivity index is 1.93. The number of likely N-dealkylation sites (N-methyl/N-ethyl adjacent to an activating group) is 1. The van der Waals surface area contributed by atoms with Gasteiger partial charge in [0.25, 0.3) is 5.91 Å². The Morgan fingerprint density at radius 1 is 1.11 bits per heavy atom. The number of aliphatic hydroxyl groups is 4. The highest BCUT2D eigenvalue weighted by molar-refractivity contribution is 6.24. The van der Waals surface area contributed by atoms with E-state index in [1.807, 2.05) is 20.8 Å². The molecule has 0 spiro atoms. The van der Waals surface area contributed by atoms with Gasteiger partial charge in [0.15, 0.2) is 18.2 Å². The topological polar surface area (TPSA) is 214 Å². The molecule has 14 heteroatoms. The maximum Gasteiger partial charge on any atom is 0.412 e. The monoisotopic (exact) mass is 630 g/mol. The Hall–Kier alpha value is -4.14. The number of carbonyl (C=O) groups is 4. The summed E-state index contributed by atoms with van der Waals surface area (Å²) in [5.74, 6) is -7.37. The average molecular weight is 631 g/mol. The molecule has 0 unspecified atom stereocenters. The van der Waals surface area contributed by atoms with Gasteiger partial charge in [-0.25, -0.2) is 4.79 Å². The summed E-state index contributed by atoms with van der Waals surface area (Å²) in [6.07, 6.45) is -0.745. The van der Waals surface area contributed by atoms with Crippen LogP contribution in [0.2, 0.25) is 0 Å². The first-order valence-electron chi connectivity index (χ1n) is 14.5. The zero-order valence-electron chi connectivity index (χ0n) is 26.5. The van der Waals surface area contributed by atoms with E-state index in [0.717, 1.165) is 0 Å². The van der Waals surface area contributed by atoms with Gasteiger partial charge in [-0.05, 0) is 49.9 Å². The molecule has 1 fully saturated rings. The van der Waals surface area contributed by atoms with E-state index in [4.69, 9.17) is 10.5 Å². The highest BCUT2D eigenvalue weighted by Crippen LogP contribution is 2.54. The Bertz CT molecular complexity index is 1520. The second-order valence-electron chi connectivity index (χ2n) is 13.6. The average Bonchev–Trinajstić information content (AvgIpc) is 2.90. The number of phenolic OH excluding ortho intramolecular Hbond substituents is 1. The first kappa shape index (κ1) is 33.7. The molecule has 7 N–H and O–H groups in total. The van der Waals surface area contributed by atoms with Gasteiger partial charge in [-0.3, -0.25) is 19.3 Å². The predicted molar refractivity (Wildman–Crippen MR) is 162 cm³/mol. The molecule has 0 saturated heterocycles. The lowest BCUT2D eigenvalue weighted by molar-refractivity contribution is -0.153. The molecule has 1 aromatic carbocycles. The minimum Gasteiger partial charge on any atom is -0.508 e. The number of ketones is 2. The van der Waals surface area contributed by atoms with Crippen molar-refractivity contribution in [3.63, 3.8) is 0 Å². The summed E-state index contributed by atoms with van der Waals surface area (Å²) in [7, 11) is 6.58. The fraction of sp³-hybridized carbons (Fsp3) is 0.548. The number of nitrogens with zero attached hydrogens (tertiary/aromatic N) is 3. The molecule has 45 heavy (non-hydrogen) atoms. The minimum atomic E-state index is -2.75. The quantitative estimate of drug-likeness (QED) is 0.184. The van der Waals surface area contributed by atoms with Gasteiger partial charge < -0.3 is 45.8 Å². The smallest absolute Gasteiger partial charge is 0.412 e. The van der Waals surface area contributed by atoms with Crippen molar-refractivity contribution in [3.05, 3.63) is 39.7 Å². The van der Waals surface area contributed by atoms with Gasteiger partial charge in [0.2, 0.25) is 5.78 Å². The van der Waals surface area contributed by atoms with Crippen molar-refractivity contribution in [2.24, 2.45) is 23.0 Å². The van der Waals surface area contributed by atoms with Crippen LogP contribution in [0.15, 0.2) is 23.0 Å². The molecule has 3 aliphatic carbocycles. The van der Waals surface area contributed by atoms with Gasteiger partial charge >= 0.3 is 6.09 Å². The number of anilines is 1. The van der Waals surface area contributed by atoms with Crippen LogP contribution >= 0.6 is 0 Å². The summed E-state index contributed by atoms with van der Waals surface area (Å²) in [4.78, 5) is 56.9. The fourth-order valence-corrected chi connectivity index (χ4v) is 6.98. The number of carbonyl (C=O) groups excluding carboxylic acids is 4. The summed E-state index contributed by atoms with van der Waals surface area (Å²) in [5.41, 5.74) is 2.27. The molecular formula is C31H42N4O10. The van der Waals surface area contributed by atoms with E-state index in [-0.39, 0.29) is 42.6 Å². The molecule has 3 aliphatic rings. The molecule has 0 bridgehead atoms. The van der Waals surface area contributed by atoms with Crippen LogP contribution < -0.4 is 10.6 Å². The van der Waals surface area contributed by atoms with Crippen LogP contribution in [0.3, 0.4) is 0 Å². The number of aliphatic hydroxyl groups excluding tert-OH is 3. The standard InChI is InChI=1S/C31H42N4O10/c1-30(2,3)12-35(29(43)45-13-36)11-15-10-18(33(4)5)16-8-14-9-17-22(34(6)7)25(39)21(28(32)42)27(41)31(17,44)26(40)19(14)24(38)20(16)23(15)37/h10,14,17,22,36-38,41,44H,8-9,11-13H2,1-7H3,(H2,32,42)/t14-,17-,22-,31-/m0/s1. The maximum absolute atomic E-state index is 14.2. The number of benzene rings is 1. The first-order valence-corrected chi connectivity index (χ1v) is 14.5. The summed E-state index contributed by atoms with van der Waals surface area (Å²) in [6, 6.07) is 0.481. The van der Waals surface area contributed by atoms with Crippen LogP contribution in [0.25, 0.3) is 5.76 Å². The normalized spacial score (nSPS) is 24.7. The molecule has 4 atom stereocenters. The van der Waals surface area contributed by atoms with Gasteiger partial charge in [0.1, 0.15) is 22.8 Å². The van der Waals surface area contributed by atoms with Crippen molar-refractivity contribution in [2.75, 3.05) is 46.4 Å². The van der Waals surface area contributed by atoms with Crippen molar-refractivity contribution >= 4 is 35.0 Å². The van der Waals surface area contributed by atoms with E-state index in [1.54, 1.807) is 25.1 Å². The number of aromatic hydroxyl groups is 1. The van der Waals surface area contributed by atoms with E-state index in [2.05, 4.69) is 0 Å². The number of primary amides is 1. The molecule has 1 aromatic rings. The van der Waals surface area contributed by atoms with Crippen LogP contribution in [-0.4, -0.2) is 112 Å². The van der Waals surface area contributed by atoms with E-state index in [1.165, 1.54) is 23.9 Å². The van der Waals surface area contributed by atoms with Crippen molar-refractivity contribution in [3.8, 4) is 5.75 Å². The number of Topliss-reactive ketones (excluding diaryl/α,β-unsaturated/α-hetero) is 2. The van der Waals surface area contributed by atoms with E-state index < -0.39 is 82.1 Å². The van der Waals surface area contributed by atoms with Crippen molar-refractivity contribution in [1.82, 2.24) is 9.80 Å². The molecule has 0 heterocycles. The maximum atomic E-state index is 14.2.